The van der Waals surface area contributed by atoms with Crippen LogP contribution in [0.4, 0.5) is 0 Å². The molecule has 7 nitrogen and oxygen atoms in total. The summed E-state index contributed by atoms with van der Waals surface area (Å²) in [5.74, 6) is -0.286. The van der Waals surface area contributed by atoms with Crippen LogP contribution in [0.15, 0.2) is 0 Å². The fourth-order valence-electron chi connectivity index (χ4n) is 2.00. The van der Waals surface area contributed by atoms with Crippen LogP contribution in [-0.4, -0.2) is 54.5 Å². The maximum Gasteiger partial charge on any atom is 0.212 e. The standard InChI is InChI=1S/C11H25N3O4S2.ClH/c1-3-19(15,16)13-8-9-20(17,18)14-10-11(2)4-6-12-7-5-11;/h12-14H,3-10H2,1-2H3;1H. The fourth-order valence-corrected chi connectivity index (χ4v) is 3.83. The van der Waals surface area contributed by atoms with Gasteiger partial charge in [0.15, 0.2) is 0 Å². The second kappa shape index (κ2) is 8.64. The first-order chi connectivity index (χ1) is 9.18. The maximum absolute atomic E-state index is 11.8. The molecule has 21 heavy (non-hydrogen) atoms. The minimum absolute atomic E-state index is 0. The van der Waals surface area contributed by atoms with E-state index in [1.165, 1.54) is 6.92 Å². The van der Waals surface area contributed by atoms with Gasteiger partial charge in [-0.05, 0) is 38.3 Å². The summed E-state index contributed by atoms with van der Waals surface area (Å²) in [4.78, 5) is 0. The largest absolute Gasteiger partial charge is 0.317 e. The van der Waals surface area contributed by atoms with Gasteiger partial charge in [-0.15, -0.1) is 12.4 Å². The van der Waals surface area contributed by atoms with Crippen molar-refractivity contribution < 1.29 is 16.8 Å². The molecular weight excluding hydrogens is 338 g/mol. The fraction of sp³-hybridized carbons (Fsp3) is 1.00. The van der Waals surface area contributed by atoms with Gasteiger partial charge in [-0.1, -0.05) is 6.92 Å². The van der Waals surface area contributed by atoms with Gasteiger partial charge in [0.1, 0.15) is 0 Å². The smallest absolute Gasteiger partial charge is 0.212 e. The molecule has 1 fully saturated rings. The zero-order chi connectivity index (χ0) is 15.3. The molecule has 1 rings (SSSR count). The first-order valence-corrected chi connectivity index (χ1v) is 10.1. The van der Waals surface area contributed by atoms with Crippen molar-refractivity contribution in [2.75, 3.05) is 37.7 Å². The van der Waals surface area contributed by atoms with Crippen LogP contribution in [-0.2, 0) is 20.0 Å². The van der Waals surface area contributed by atoms with Crippen LogP contribution in [0.2, 0.25) is 0 Å². The molecule has 1 heterocycles. The summed E-state index contributed by atoms with van der Waals surface area (Å²) < 4.78 is 50.9. The summed E-state index contributed by atoms with van der Waals surface area (Å²) in [7, 11) is -6.79. The number of halogens is 1. The first-order valence-electron chi connectivity index (χ1n) is 6.83. The summed E-state index contributed by atoms with van der Waals surface area (Å²) >= 11 is 0. The van der Waals surface area contributed by atoms with Gasteiger partial charge in [0.05, 0.1) is 11.5 Å². The maximum atomic E-state index is 11.8. The normalized spacial score (nSPS) is 19.0. The topological polar surface area (TPSA) is 104 Å². The van der Waals surface area contributed by atoms with E-state index in [1.54, 1.807) is 0 Å². The number of hydrogen-bond donors (Lipinski definition) is 3. The van der Waals surface area contributed by atoms with Crippen LogP contribution in [0, 0.1) is 5.41 Å². The Hall–Kier alpha value is 0.0700. The Morgan fingerprint density at radius 2 is 1.62 bits per heavy atom. The quantitative estimate of drug-likeness (QED) is 0.547. The average Bonchev–Trinajstić information content (AvgIpc) is 2.37. The van der Waals surface area contributed by atoms with Gasteiger partial charge in [0.25, 0.3) is 0 Å². The van der Waals surface area contributed by atoms with E-state index in [0.717, 1.165) is 25.9 Å². The molecule has 0 saturated carbocycles. The minimum Gasteiger partial charge on any atom is -0.317 e. The Morgan fingerprint density at radius 1 is 1.05 bits per heavy atom. The predicted molar refractivity (Wildman–Crippen MR) is 86.7 cm³/mol. The predicted octanol–water partition coefficient (Wildman–Crippen LogP) is -0.343. The van der Waals surface area contributed by atoms with Crippen LogP contribution in [0.1, 0.15) is 26.7 Å². The van der Waals surface area contributed by atoms with Crippen LogP contribution in [0.25, 0.3) is 0 Å². The van der Waals surface area contributed by atoms with E-state index in [4.69, 9.17) is 0 Å². The van der Waals surface area contributed by atoms with E-state index in [1.807, 2.05) is 0 Å². The molecule has 0 atom stereocenters. The van der Waals surface area contributed by atoms with Crippen molar-refractivity contribution in [1.82, 2.24) is 14.8 Å². The van der Waals surface area contributed by atoms with Gasteiger partial charge in [0, 0.05) is 13.1 Å². The molecule has 0 radical (unpaired) electrons. The third kappa shape index (κ3) is 8.32. The lowest BCUT2D eigenvalue weighted by atomic mass is 9.81. The first kappa shape index (κ1) is 21.1. The Kier molecular flexibility index (Phi) is 8.67. The highest BCUT2D eigenvalue weighted by Gasteiger charge is 2.28. The monoisotopic (exact) mass is 363 g/mol. The second-order valence-electron chi connectivity index (χ2n) is 5.50. The number of nitrogens with one attached hydrogen (secondary N) is 3. The van der Waals surface area contributed by atoms with Crippen molar-refractivity contribution >= 4 is 32.5 Å². The van der Waals surface area contributed by atoms with Crippen molar-refractivity contribution in [1.29, 1.82) is 0 Å². The van der Waals surface area contributed by atoms with E-state index in [-0.39, 0.29) is 35.9 Å². The van der Waals surface area contributed by atoms with Crippen molar-refractivity contribution in [2.24, 2.45) is 5.41 Å². The van der Waals surface area contributed by atoms with E-state index in [9.17, 15) is 16.8 Å². The summed E-state index contributed by atoms with van der Waals surface area (Å²) in [6.45, 7) is 5.67. The SMILES string of the molecule is CCS(=O)(=O)NCCS(=O)(=O)NCC1(C)CCNCC1.Cl. The molecule has 0 aromatic rings. The molecule has 1 aliphatic heterocycles. The summed E-state index contributed by atoms with van der Waals surface area (Å²) in [5.41, 5.74) is -0.0265. The van der Waals surface area contributed by atoms with E-state index >= 15 is 0 Å². The lowest BCUT2D eigenvalue weighted by Gasteiger charge is -2.34. The van der Waals surface area contributed by atoms with Gasteiger partial charge in [-0.2, -0.15) is 0 Å². The molecule has 0 bridgehead atoms. The van der Waals surface area contributed by atoms with Gasteiger partial charge in [0.2, 0.25) is 20.0 Å². The minimum atomic E-state index is -3.45. The Bertz CT molecular complexity index is 502. The number of sulfonamides is 2. The molecule has 1 aliphatic rings. The van der Waals surface area contributed by atoms with Gasteiger partial charge < -0.3 is 5.32 Å². The summed E-state index contributed by atoms with van der Waals surface area (Å²) in [6, 6.07) is 0. The van der Waals surface area contributed by atoms with Gasteiger partial charge in [-0.3, -0.25) is 0 Å². The molecule has 10 heteroatoms. The van der Waals surface area contributed by atoms with Crippen LogP contribution in [0.5, 0.6) is 0 Å². The molecular formula is C11H26ClN3O4S2. The third-order valence-electron chi connectivity index (χ3n) is 3.60. The molecule has 1 saturated heterocycles. The molecule has 0 aromatic heterocycles. The molecule has 0 unspecified atom stereocenters. The third-order valence-corrected chi connectivity index (χ3v) is 6.33. The second-order valence-corrected chi connectivity index (χ2v) is 9.52. The van der Waals surface area contributed by atoms with E-state index < -0.39 is 20.0 Å². The zero-order valence-corrected chi connectivity index (χ0v) is 15.0. The molecule has 0 aromatic carbocycles. The van der Waals surface area contributed by atoms with Gasteiger partial charge in [-0.25, -0.2) is 26.3 Å². The lowest BCUT2D eigenvalue weighted by molar-refractivity contribution is 0.232. The molecule has 0 spiro atoms. The highest BCUT2D eigenvalue weighted by Crippen LogP contribution is 2.26. The van der Waals surface area contributed by atoms with Gasteiger partial charge >= 0.3 is 0 Å². The number of piperidine rings is 1. The summed E-state index contributed by atoms with van der Waals surface area (Å²) in [6.07, 6.45) is 1.86. The van der Waals surface area contributed by atoms with Crippen molar-refractivity contribution in [3.05, 3.63) is 0 Å². The Labute approximate surface area is 134 Å². The molecule has 0 amide bonds. The highest BCUT2D eigenvalue weighted by molar-refractivity contribution is 7.90. The van der Waals surface area contributed by atoms with Crippen LogP contribution >= 0.6 is 12.4 Å². The van der Waals surface area contributed by atoms with Crippen molar-refractivity contribution in [3.8, 4) is 0 Å². The number of hydrogen-bond acceptors (Lipinski definition) is 5. The van der Waals surface area contributed by atoms with E-state index in [2.05, 4.69) is 21.7 Å². The van der Waals surface area contributed by atoms with Crippen LogP contribution in [0.3, 0.4) is 0 Å². The molecule has 128 valence electrons. The van der Waals surface area contributed by atoms with Crippen molar-refractivity contribution in [3.63, 3.8) is 0 Å². The Balaban J connectivity index is 0.00000400. The van der Waals surface area contributed by atoms with Crippen molar-refractivity contribution in [2.45, 2.75) is 26.7 Å². The lowest BCUT2D eigenvalue weighted by Crippen LogP contribution is -2.44. The van der Waals surface area contributed by atoms with E-state index in [0.29, 0.717) is 6.54 Å². The summed E-state index contributed by atoms with van der Waals surface area (Å²) in [5, 5.41) is 3.24. The zero-order valence-electron chi connectivity index (χ0n) is 12.5. The highest BCUT2D eigenvalue weighted by atomic mass is 35.5. The number of rotatable bonds is 8. The molecule has 3 N–H and O–H groups in total. The average molecular weight is 364 g/mol. The van der Waals surface area contributed by atoms with Crippen LogP contribution < -0.4 is 14.8 Å². The Morgan fingerprint density at radius 3 is 2.14 bits per heavy atom. The molecule has 0 aliphatic carbocycles.